The van der Waals surface area contributed by atoms with E-state index in [4.69, 9.17) is 58.0 Å². The molecule has 0 atom stereocenters. The monoisotopic (exact) mass is 1430 g/mol. The molecular formula is C46H32Au3Cl5N6. The van der Waals surface area contributed by atoms with Gasteiger partial charge in [0, 0.05) is 0 Å². The third-order valence-corrected chi connectivity index (χ3v) is 9.35. The Hall–Kier alpha value is -3.38. The van der Waals surface area contributed by atoms with E-state index in [1.165, 1.54) is 0 Å². The molecule has 0 saturated heterocycles. The smallest absolute Gasteiger partial charge is 0.573 e. The SMILES string of the molecule is ClCCl.Clc1c(-c2ccccc2)n[n-]c1-c1ccccc1.Clc1c(-c2ccccc2)n[n-]c1-c1ccccc1.Clc1c(-c2ccccc2)n[n-]c1-c1ccccc1.[Au+].[Au+].[Au+]. The van der Waals surface area contributed by atoms with Crippen LogP contribution in [0.1, 0.15) is 0 Å². The van der Waals surface area contributed by atoms with E-state index in [-0.39, 0.29) is 72.5 Å². The normalized spacial score (nSPS) is 9.75. The van der Waals surface area contributed by atoms with Gasteiger partial charge in [-0.3, -0.25) is 0 Å². The maximum absolute atomic E-state index is 6.37. The summed E-state index contributed by atoms with van der Waals surface area (Å²) in [7, 11) is 0. The van der Waals surface area contributed by atoms with Crippen molar-refractivity contribution in [2.24, 2.45) is 0 Å². The standard InChI is InChI=1S/3C15H10ClN2.CH2Cl2.3Au/c3*16-13-14(11-7-3-1-4-8-11)17-18-15(13)12-9-5-2-6-10-12;2-1-3;;;/h3*1-10H;1H2;;;/q3*-1;;3*+1. The minimum absolute atomic E-state index is 0. The summed E-state index contributed by atoms with van der Waals surface area (Å²) >= 11 is 28.6. The molecule has 0 amide bonds. The van der Waals surface area contributed by atoms with Crippen molar-refractivity contribution in [3.63, 3.8) is 0 Å². The van der Waals surface area contributed by atoms with Crippen molar-refractivity contribution in [1.29, 1.82) is 0 Å². The van der Waals surface area contributed by atoms with E-state index in [2.05, 4.69) is 30.6 Å². The molecule has 0 spiro atoms. The van der Waals surface area contributed by atoms with Gasteiger partial charge in [0.15, 0.2) is 0 Å². The van der Waals surface area contributed by atoms with Crippen LogP contribution in [0.3, 0.4) is 0 Å². The van der Waals surface area contributed by atoms with Gasteiger partial charge in [-0.1, -0.05) is 234 Å². The Morgan fingerprint density at radius 1 is 0.300 bits per heavy atom. The summed E-state index contributed by atoms with van der Waals surface area (Å²) in [5.41, 5.74) is 10.3. The van der Waals surface area contributed by atoms with E-state index in [1.807, 2.05) is 182 Å². The Morgan fingerprint density at radius 3 is 0.650 bits per heavy atom. The summed E-state index contributed by atoms with van der Waals surface area (Å²) in [6, 6.07) is 59.0. The fourth-order valence-electron chi connectivity index (χ4n) is 5.58. The van der Waals surface area contributed by atoms with Crippen molar-refractivity contribution in [3.05, 3.63) is 197 Å². The molecule has 9 rings (SSSR count). The quantitative estimate of drug-likeness (QED) is 0.122. The molecule has 0 saturated carbocycles. The van der Waals surface area contributed by atoms with Crippen molar-refractivity contribution in [2.45, 2.75) is 0 Å². The number of benzene rings is 6. The largest absolute Gasteiger partial charge is 1.00 e. The molecule has 60 heavy (non-hydrogen) atoms. The predicted octanol–water partition coefficient (Wildman–Crippen LogP) is 13.5. The number of halogens is 5. The van der Waals surface area contributed by atoms with Gasteiger partial charge in [-0.05, 0) is 33.4 Å². The van der Waals surface area contributed by atoms with Gasteiger partial charge in [0.1, 0.15) is 0 Å². The van der Waals surface area contributed by atoms with Gasteiger partial charge in [-0.15, -0.1) is 23.2 Å². The second kappa shape index (κ2) is 26.8. The van der Waals surface area contributed by atoms with Crippen molar-refractivity contribution in [3.8, 4) is 67.5 Å². The molecule has 0 aliphatic carbocycles. The summed E-state index contributed by atoms with van der Waals surface area (Å²) in [5.74, 6) is 0. The second-order valence-corrected chi connectivity index (χ2v) is 13.9. The molecule has 9 aromatic rings. The van der Waals surface area contributed by atoms with Crippen molar-refractivity contribution < 1.29 is 67.1 Å². The summed E-state index contributed by atoms with van der Waals surface area (Å²) < 4.78 is 0. The van der Waals surface area contributed by atoms with Crippen molar-refractivity contribution >= 4 is 58.0 Å². The topological polar surface area (TPSA) is 81.0 Å². The van der Waals surface area contributed by atoms with E-state index >= 15 is 0 Å². The van der Waals surface area contributed by atoms with E-state index in [1.54, 1.807) is 0 Å². The number of aromatic nitrogens is 6. The molecule has 0 bridgehead atoms. The van der Waals surface area contributed by atoms with E-state index in [0.29, 0.717) is 15.1 Å². The first-order valence-electron chi connectivity index (χ1n) is 17.5. The second-order valence-electron chi connectivity index (χ2n) is 11.9. The van der Waals surface area contributed by atoms with Gasteiger partial charge in [-0.25, -0.2) is 0 Å². The van der Waals surface area contributed by atoms with Crippen LogP contribution in [0.2, 0.25) is 15.1 Å². The number of nitrogens with zero attached hydrogens (tertiary/aromatic N) is 6. The van der Waals surface area contributed by atoms with Crippen LogP contribution in [-0.2, 0) is 67.1 Å². The zero-order valence-electron chi connectivity index (χ0n) is 31.0. The molecule has 0 radical (unpaired) electrons. The van der Waals surface area contributed by atoms with Gasteiger partial charge in [0.05, 0.1) is 37.5 Å². The number of hydrogen-bond acceptors (Lipinski definition) is 3. The Kier molecular flexibility index (Phi) is 22.8. The molecule has 0 fully saturated rings. The zero-order valence-corrected chi connectivity index (χ0v) is 41.3. The molecule has 0 unspecified atom stereocenters. The van der Waals surface area contributed by atoms with Gasteiger partial charge >= 0.3 is 67.1 Å². The summed E-state index contributed by atoms with van der Waals surface area (Å²) in [6.07, 6.45) is 0. The Labute approximate surface area is 421 Å². The molecule has 0 aliphatic heterocycles. The van der Waals surface area contributed by atoms with Crippen LogP contribution in [0.5, 0.6) is 0 Å². The first kappa shape index (κ1) is 51.0. The Morgan fingerprint density at radius 2 is 0.467 bits per heavy atom. The molecule has 0 aliphatic rings. The predicted molar refractivity (Wildman–Crippen MR) is 237 cm³/mol. The van der Waals surface area contributed by atoms with Crippen molar-refractivity contribution in [1.82, 2.24) is 30.6 Å². The van der Waals surface area contributed by atoms with Gasteiger partial charge in [0.2, 0.25) is 0 Å². The van der Waals surface area contributed by atoms with Crippen LogP contribution in [0.15, 0.2) is 182 Å². The Bertz CT molecular complexity index is 2090. The molecular weight excluding hydrogens is 1400 g/mol. The van der Waals surface area contributed by atoms with E-state index < -0.39 is 0 Å². The average Bonchev–Trinajstić information content (AvgIpc) is 3.99. The molecule has 0 N–H and O–H groups in total. The van der Waals surface area contributed by atoms with Crippen LogP contribution in [0.4, 0.5) is 0 Å². The number of alkyl halides is 2. The third-order valence-electron chi connectivity index (χ3n) is 8.28. The molecule has 3 aromatic heterocycles. The maximum Gasteiger partial charge on any atom is 1.00 e. The van der Waals surface area contributed by atoms with Crippen molar-refractivity contribution in [2.75, 3.05) is 5.34 Å². The molecule has 6 nitrogen and oxygen atoms in total. The minimum atomic E-state index is 0. The van der Waals surface area contributed by atoms with Crippen LogP contribution in [0.25, 0.3) is 67.5 Å². The molecule has 14 heteroatoms. The summed E-state index contributed by atoms with van der Waals surface area (Å²) in [4.78, 5) is 0. The first-order chi connectivity index (χ1) is 28.0. The van der Waals surface area contributed by atoms with Crippen LogP contribution >= 0.6 is 58.0 Å². The summed E-state index contributed by atoms with van der Waals surface area (Å²) in [5, 5.41) is 27.1. The van der Waals surface area contributed by atoms with Crippen LogP contribution < -0.4 is 15.3 Å². The van der Waals surface area contributed by atoms with E-state index in [0.717, 1.165) is 67.5 Å². The first-order valence-corrected chi connectivity index (χ1v) is 19.7. The van der Waals surface area contributed by atoms with Gasteiger partial charge in [-0.2, -0.15) is 0 Å². The maximum atomic E-state index is 6.37. The summed E-state index contributed by atoms with van der Waals surface area (Å²) in [6.45, 7) is 0. The van der Waals surface area contributed by atoms with Gasteiger partial charge in [0.25, 0.3) is 0 Å². The van der Waals surface area contributed by atoms with Crippen LogP contribution in [-0.4, -0.2) is 20.6 Å². The minimum Gasteiger partial charge on any atom is -0.573 e. The zero-order chi connectivity index (χ0) is 39.8. The molecule has 6 aromatic carbocycles. The van der Waals surface area contributed by atoms with Crippen LogP contribution in [0, 0.1) is 0 Å². The molecule has 314 valence electrons. The molecule has 3 heterocycles. The number of rotatable bonds is 6. The number of hydrogen-bond donors (Lipinski definition) is 0. The Balaban J connectivity index is 0.000000227. The van der Waals surface area contributed by atoms with E-state index in [9.17, 15) is 0 Å². The fraction of sp³-hybridized carbons (Fsp3) is 0.0217. The average molecular weight is 1440 g/mol. The fourth-order valence-corrected chi connectivity index (χ4v) is 6.46. The third kappa shape index (κ3) is 13.6. The van der Waals surface area contributed by atoms with Gasteiger partial charge < -0.3 is 30.6 Å².